The lowest BCUT2D eigenvalue weighted by molar-refractivity contribution is 0.271. The number of rotatable bonds is 1. The molecule has 3 atom stereocenters. The number of anilines is 1. The van der Waals surface area contributed by atoms with Crippen LogP contribution in [0.5, 0.6) is 0 Å². The maximum absolute atomic E-state index is 6.03. The summed E-state index contributed by atoms with van der Waals surface area (Å²) < 4.78 is 0. The summed E-state index contributed by atoms with van der Waals surface area (Å²) in [5.74, 6) is 2.40. The van der Waals surface area contributed by atoms with E-state index in [1.165, 1.54) is 6.42 Å². The fourth-order valence-corrected chi connectivity index (χ4v) is 3.28. The van der Waals surface area contributed by atoms with Gasteiger partial charge >= 0.3 is 0 Å². The van der Waals surface area contributed by atoms with Crippen molar-refractivity contribution in [2.75, 3.05) is 18.0 Å². The van der Waals surface area contributed by atoms with Crippen LogP contribution in [0.4, 0.5) is 5.82 Å². The summed E-state index contributed by atoms with van der Waals surface area (Å²) in [4.78, 5) is 10.7. The van der Waals surface area contributed by atoms with E-state index in [0.29, 0.717) is 11.2 Å². The van der Waals surface area contributed by atoms with Gasteiger partial charge in [-0.15, -0.1) is 0 Å². The largest absolute Gasteiger partial charge is 0.355 e. The third-order valence-corrected chi connectivity index (χ3v) is 4.19. The second kappa shape index (κ2) is 4.42. The molecule has 1 aromatic rings. The van der Waals surface area contributed by atoms with Gasteiger partial charge in [0, 0.05) is 19.1 Å². The summed E-state index contributed by atoms with van der Waals surface area (Å²) >= 11 is 5.88. The molecule has 0 amide bonds. The molecule has 2 aliphatic rings. The van der Waals surface area contributed by atoms with Crippen molar-refractivity contribution in [1.29, 1.82) is 0 Å². The van der Waals surface area contributed by atoms with Crippen LogP contribution in [0.2, 0.25) is 5.15 Å². The first-order chi connectivity index (χ1) is 8.22. The number of nitrogens with two attached hydrogens (primary N) is 1. The molecule has 1 aliphatic carbocycles. The maximum Gasteiger partial charge on any atom is 0.149 e. The van der Waals surface area contributed by atoms with Crippen LogP contribution in [0.3, 0.4) is 0 Å². The van der Waals surface area contributed by atoms with Crippen LogP contribution in [0.15, 0.2) is 12.4 Å². The van der Waals surface area contributed by atoms with Crippen molar-refractivity contribution in [2.45, 2.75) is 25.3 Å². The average Bonchev–Trinajstić information content (AvgIpc) is 2.72. The fraction of sp³-hybridized carbons (Fsp3) is 0.667. The third kappa shape index (κ3) is 2.24. The number of aromatic nitrogens is 2. The Bertz CT molecular complexity index is 411. The predicted octanol–water partition coefficient (Wildman–Crippen LogP) is 1.69. The second-order valence-electron chi connectivity index (χ2n) is 5.20. The first-order valence-electron chi connectivity index (χ1n) is 6.20. The Morgan fingerprint density at radius 1 is 1.24 bits per heavy atom. The summed E-state index contributed by atoms with van der Waals surface area (Å²) in [5.41, 5.74) is 6.03. The lowest BCUT2D eigenvalue weighted by Crippen LogP contribution is -2.32. The van der Waals surface area contributed by atoms with Crippen molar-refractivity contribution in [3.8, 4) is 0 Å². The third-order valence-electron chi connectivity index (χ3n) is 4.01. The van der Waals surface area contributed by atoms with Gasteiger partial charge in [-0.05, 0) is 31.1 Å². The molecule has 1 saturated carbocycles. The lowest BCUT2D eigenvalue weighted by atomic mass is 9.79. The zero-order valence-corrected chi connectivity index (χ0v) is 10.5. The Labute approximate surface area is 106 Å². The predicted molar refractivity (Wildman–Crippen MR) is 68.1 cm³/mol. The SMILES string of the molecule is NC1CC[C@@H]2CN(c3cncc(Cl)n3)C[C@@H]2C1. The van der Waals surface area contributed by atoms with Crippen LogP contribution in [-0.2, 0) is 0 Å². The van der Waals surface area contributed by atoms with Crippen molar-refractivity contribution in [3.63, 3.8) is 0 Å². The Hall–Kier alpha value is -0.870. The van der Waals surface area contributed by atoms with Gasteiger partial charge in [0.15, 0.2) is 0 Å². The molecule has 4 nitrogen and oxygen atoms in total. The van der Waals surface area contributed by atoms with Crippen LogP contribution in [0, 0.1) is 11.8 Å². The molecule has 2 N–H and O–H groups in total. The molecule has 17 heavy (non-hydrogen) atoms. The molecule has 0 bridgehead atoms. The van der Waals surface area contributed by atoms with Crippen LogP contribution in [0.25, 0.3) is 0 Å². The highest BCUT2D eigenvalue weighted by Gasteiger charge is 2.37. The molecular formula is C12H17ClN4. The Balaban J connectivity index is 1.75. The Morgan fingerprint density at radius 3 is 2.88 bits per heavy atom. The summed E-state index contributed by atoms with van der Waals surface area (Å²) in [7, 11) is 0. The van der Waals surface area contributed by atoms with E-state index in [1.807, 2.05) is 0 Å². The molecule has 2 fully saturated rings. The highest BCUT2D eigenvalue weighted by atomic mass is 35.5. The Morgan fingerprint density at radius 2 is 2.06 bits per heavy atom. The van der Waals surface area contributed by atoms with Crippen LogP contribution in [-0.4, -0.2) is 29.1 Å². The standard InChI is InChI=1S/C12H17ClN4/c13-11-4-15-5-12(16-11)17-6-8-1-2-10(14)3-9(8)7-17/h4-5,8-10H,1-3,6-7,14H2/t8-,9+,10?/m1/s1. The van der Waals surface area contributed by atoms with E-state index >= 15 is 0 Å². The minimum atomic E-state index is 0.390. The highest BCUT2D eigenvalue weighted by molar-refractivity contribution is 6.29. The van der Waals surface area contributed by atoms with Gasteiger partial charge in [-0.25, -0.2) is 4.98 Å². The smallest absolute Gasteiger partial charge is 0.149 e. The number of hydrogen-bond acceptors (Lipinski definition) is 4. The van der Waals surface area contributed by atoms with Crippen molar-refractivity contribution < 1.29 is 0 Å². The molecule has 1 aromatic heterocycles. The number of halogens is 1. The van der Waals surface area contributed by atoms with Crippen LogP contribution < -0.4 is 10.6 Å². The topological polar surface area (TPSA) is 55.0 Å². The van der Waals surface area contributed by atoms with Crippen LogP contribution in [0.1, 0.15) is 19.3 Å². The van der Waals surface area contributed by atoms with Gasteiger partial charge in [-0.3, -0.25) is 4.98 Å². The normalized spacial score (nSPS) is 32.6. The zero-order valence-electron chi connectivity index (χ0n) is 9.72. The molecule has 5 heteroatoms. The van der Waals surface area contributed by atoms with Gasteiger partial charge in [0.2, 0.25) is 0 Å². The van der Waals surface area contributed by atoms with Crippen LogP contribution >= 0.6 is 11.6 Å². The van der Waals surface area contributed by atoms with Crippen molar-refractivity contribution >= 4 is 17.4 Å². The van der Waals surface area contributed by atoms with Crippen molar-refractivity contribution in [2.24, 2.45) is 17.6 Å². The van der Waals surface area contributed by atoms with Gasteiger partial charge < -0.3 is 10.6 Å². The summed E-state index contributed by atoms with van der Waals surface area (Å²) in [6, 6.07) is 0.390. The molecule has 0 spiro atoms. The Kier molecular flexibility index (Phi) is 2.92. The molecule has 92 valence electrons. The van der Waals surface area contributed by atoms with Crippen molar-refractivity contribution in [1.82, 2.24) is 9.97 Å². The first kappa shape index (κ1) is 11.2. The van der Waals surface area contributed by atoms with E-state index in [1.54, 1.807) is 12.4 Å². The molecule has 1 unspecified atom stereocenters. The molecular weight excluding hydrogens is 236 g/mol. The van der Waals surface area contributed by atoms with E-state index in [0.717, 1.165) is 43.6 Å². The number of fused-ring (bicyclic) bond motifs is 1. The lowest BCUT2D eigenvalue weighted by Gasteiger charge is -2.27. The fourth-order valence-electron chi connectivity index (χ4n) is 3.14. The van der Waals surface area contributed by atoms with Gasteiger partial charge in [-0.2, -0.15) is 0 Å². The molecule has 0 aromatic carbocycles. The average molecular weight is 253 g/mol. The van der Waals surface area contributed by atoms with E-state index < -0.39 is 0 Å². The summed E-state index contributed by atoms with van der Waals surface area (Å²) in [6.07, 6.45) is 6.93. The van der Waals surface area contributed by atoms with E-state index in [-0.39, 0.29) is 0 Å². The highest BCUT2D eigenvalue weighted by Crippen LogP contribution is 2.37. The minimum Gasteiger partial charge on any atom is -0.355 e. The molecule has 1 aliphatic heterocycles. The monoisotopic (exact) mass is 252 g/mol. The minimum absolute atomic E-state index is 0.390. The zero-order chi connectivity index (χ0) is 11.8. The molecule has 0 radical (unpaired) electrons. The second-order valence-corrected chi connectivity index (χ2v) is 5.59. The first-order valence-corrected chi connectivity index (χ1v) is 6.58. The summed E-state index contributed by atoms with van der Waals surface area (Å²) in [5, 5.41) is 0.467. The van der Waals surface area contributed by atoms with Gasteiger partial charge in [0.1, 0.15) is 11.0 Å². The maximum atomic E-state index is 6.03. The van der Waals surface area contributed by atoms with Crippen molar-refractivity contribution in [3.05, 3.63) is 17.5 Å². The van der Waals surface area contributed by atoms with E-state index in [9.17, 15) is 0 Å². The quantitative estimate of drug-likeness (QED) is 0.827. The molecule has 1 saturated heterocycles. The van der Waals surface area contributed by atoms with Gasteiger partial charge in [0.05, 0.1) is 12.4 Å². The molecule has 3 rings (SSSR count). The van der Waals surface area contributed by atoms with Gasteiger partial charge in [-0.1, -0.05) is 11.6 Å². The number of nitrogens with zero attached hydrogens (tertiary/aromatic N) is 3. The number of hydrogen-bond donors (Lipinski definition) is 1. The summed E-state index contributed by atoms with van der Waals surface area (Å²) in [6.45, 7) is 2.12. The van der Waals surface area contributed by atoms with E-state index in [4.69, 9.17) is 17.3 Å². The molecule has 2 heterocycles. The van der Waals surface area contributed by atoms with Gasteiger partial charge in [0.25, 0.3) is 0 Å². The van der Waals surface area contributed by atoms with E-state index in [2.05, 4.69) is 14.9 Å².